The molecule has 2 unspecified atom stereocenters. The van der Waals surface area contributed by atoms with Gasteiger partial charge < -0.3 is 10.2 Å². The molecule has 1 rings (SSSR count). The van der Waals surface area contributed by atoms with E-state index in [0.717, 1.165) is 25.7 Å². The fourth-order valence-electron chi connectivity index (χ4n) is 2.78. The quantitative estimate of drug-likeness (QED) is 0.758. The van der Waals surface area contributed by atoms with E-state index in [1.807, 2.05) is 6.92 Å². The van der Waals surface area contributed by atoms with Gasteiger partial charge in [0.2, 0.25) is 0 Å². The normalized spacial score (nSPS) is 32.7. The lowest BCUT2D eigenvalue weighted by Gasteiger charge is -2.48. The van der Waals surface area contributed by atoms with Crippen LogP contribution in [-0.4, -0.2) is 21.8 Å². The Balaban J connectivity index is 3.00. The summed E-state index contributed by atoms with van der Waals surface area (Å²) in [4.78, 5) is 11.2. The molecule has 15 heavy (non-hydrogen) atoms. The number of carbonyl (C=O) groups is 1. The second kappa shape index (κ2) is 4.12. The monoisotopic (exact) mass is 214 g/mol. The van der Waals surface area contributed by atoms with Crippen molar-refractivity contribution in [2.75, 3.05) is 0 Å². The van der Waals surface area contributed by atoms with Gasteiger partial charge >= 0.3 is 5.97 Å². The lowest BCUT2D eigenvalue weighted by molar-refractivity contribution is -0.180. The first-order chi connectivity index (χ1) is 6.86. The van der Waals surface area contributed by atoms with Crippen LogP contribution in [0.3, 0.4) is 0 Å². The molecule has 1 aliphatic carbocycles. The van der Waals surface area contributed by atoms with Crippen LogP contribution >= 0.6 is 0 Å². The predicted octanol–water partition coefficient (Wildman–Crippen LogP) is 2.43. The summed E-state index contributed by atoms with van der Waals surface area (Å²) in [6.07, 6.45) is 4.46. The van der Waals surface area contributed by atoms with Crippen molar-refractivity contribution >= 4 is 5.97 Å². The van der Waals surface area contributed by atoms with Crippen LogP contribution in [0.25, 0.3) is 0 Å². The van der Waals surface area contributed by atoms with Crippen LogP contribution in [0.15, 0.2) is 0 Å². The van der Waals surface area contributed by atoms with Crippen molar-refractivity contribution in [2.24, 2.45) is 11.3 Å². The first-order valence-electron chi connectivity index (χ1n) is 5.82. The van der Waals surface area contributed by atoms with E-state index in [1.54, 1.807) is 13.8 Å². The van der Waals surface area contributed by atoms with Crippen molar-refractivity contribution in [3.8, 4) is 0 Å². The molecule has 0 aromatic rings. The maximum atomic E-state index is 11.2. The highest BCUT2D eigenvalue weighted by Crippen LogP contribution is 2.47. The minimum absolute atomic E-state index is 0.123. The molecule has 88 valence electrons. The Bertz CT molecular complexity index is 247. The minimum atomic E-state index is -1.05. The SMILES string of the molecule is CCC1CCCCC1(O)C(C)(C)C(=O)O. The zero-order valence-electron chi connectivity index (χ0n) is 9.92. The molecule has 0 bridgehead atoms. The van der Waals surface area contributed by atoms with Crippen molar-refractivity contribution in [3.05, 3.63) is 0 Å². The molecule has 0 saturated heterocycles. The Labute approximate surface area is 91.5 Å². The Morgan fingerprint density at radius 3 is 2.53 bits per heavy atom. The molecule has 2 atom stereocenters. The number of aliphatic carboxylic acids is 1. The molecule has 1 fully saturated rings. The van der Waals surface area contributed by atoms with Crippen molar-refractivity contribution < 1.29 is 15.0 Å². The summed E-state index contributed by atoms with van der Waals surface area (Å²) >= 11 is 0. The molecule has 0 amide bonds. The van der Waals surface area contributed by atoms with Gasteiger partial charge in [0.1, 0.15) is 0 Å². The third-order valence-electron chi connectivity index (χ3n) is 4.15. The smallest absolute Gasteiger partial charge is 0.312 e. The molecule has 0 aromatic carbocycles. The van der Waals surface area contributed by atoms with E-state index in [2.05, 4.69) is 0 Å². The first kappa shape index (κ1) is 12.5. The third kappa shape index (κ3) is 1.89. The fraction of sp³-hybridized carbons (Fsp3) is 0.917. The average molecular weight is 214 g/mol. The topological polar surface area (TPSA) is 57.5 Å². The second-order valence-corrected chi connectivity index (χ2v) is 5.21. The highest BCUT2D eigenvalue weighted by atomic mass is 16.4. The van der Waals surface area contributed by atoms with Crippen molar-refractivity contribution in [1.29, 1.82) is 0 Å². The van der Waals surface area contributed by atoms with E-state index in [0.29, 0.717) is 6.42 Å². The van der Waals surface area contributed by atoms with E-state index in [9.17, 15) is 15.0 Å². The summed E-state index contributed by atoms with van der Waals surface area (Å²) < 4.78 is 0. The Morgan fingerprint density at radius 1 is 1.47 bits per heavy atom. The third-order valence-corrected chi connectivity index (χ3v) is 4.15. The Kier molecular flexibility index (Phi) is 3.44. The summed E-state index contributed by atoms with van der Waals surface area (Å²) in [5, 5.41) is 19.9. The van der Waals surface area contributed by atoms with Gasteiger partial charge in [-0.3, -0.25) is 4.79 Å². The number of hydrogen-bond acceptors (Lipinski definition) is 2. The van der Waals surface area contributed by atoms with Crippen LogP contribution in [-0.2, 0) is 4.79 Å². The van der Waals surface area contributed by atoms with Crippen molar-refractivity contribution in [2.45, 2.75) is 58.5 Å². The molecular formula is C12H22O3. The minimum Gasteiger partial charge on any atom is -0.481 e. The molecule has 0 radical (unpaired) electrons. The summed E-state index contributed by atoms with van der Waals surface area (Å²) in [5.41, 5.74) is -2.08. The molecule has 0 aliphatic heterocycles. The number of rotatable bonds is 3. The molecular weight excluding hydrogens is 192 g/mol. The van der Waals surface area contributed by atoms with Crippen LogP contribution in [0.2, 0.25) is 0 Å². The van der Waals surface area contributed by atoms with E-state index in [-0.39, 0.29) is 5.92 Å². The van der Waals surface area contributed by atoms with Crippen LogP contribution in [0.5, 0.6) is 0 Å². The fourth-order valence-corrected chi connectivity index (χ4v) is 2.78. The van der Waals surface area contributed by atoms with Crippen LogP contribution < -0.4 is 0 Å². The summed E-state index contributed by atoms with van der Waals surface area (Å²) in [6.45, 7) is 5.31. The molecule has 0 aromatic heterocycles. The highest BCUT2D eigenvalue weighted by molar-refractivity contribution is 5.75. The molecule has 1 aliphatic rings. The second-order valence-electron chi connectivity index (χ2n) is 5.21. The van der Waals surface area contributed by atoms with Crippen LogP contribution in [0, 0.1) is 11.3 Å². The van der Waals surface area contributed by atoms with Gasteiger partial charge in [-0.1, -0.05) is 26.2 Å². The number of hydrogen-bond donors (Lipinski definition) is 2. The van der Waals surface area contributed by atoms with Crippen molar-refractivity contribution in [1.82, 2.24) is 0 Å². The highest BCUT2D eigenvalue weighted by Gasteiger charge is 2.53. The summed E-state index contributed by atoms with van der Waals surface area (Å²) in [5.74, 6) is -0.775. The molecule has 0 heterocycles. The number of aliphatic hydroxyl groups is 1. The van der Waals surface area contributed by atoms with E-state index >= 15 is 0 Å². The molecule has 1 saturated carbocycles. The predicted molar refractivity (Wildman–Crippen MR) is 58.6 cm³/mol. The van der Waals surface area contributed by atoms with Gasteiger partial charge in [0.15, 0.2) is 0 Å². The lowest BCUT2D eigenvalue weighted by atomic mass is 9.61. The summed E-state index contributed by atoms with van der Waals surface area (Å²) in [6, 6.07) is 0. The van der Waals surface area contributed by atoms with Gasteiger partial charge in [0, 0.05) is 0 Å². The van der Waals surface area contributed by atoms with Gasteiger partial charge in [-0.05, 0) is 32.6 Å². The van der Waals surface area contributed by atoms with Crippen LogP contribution in [0.4, 0.5) is 0 Å². The van der Waals surface area contributed by atoms with E-state index < -0.39 is 17.0 Å². The summed E-state index contributed by atoms with van der Waals surface area (Å²) in [7, 11) is 0. The first-order valence-corrected chi connectivity index (χ1v) is 5.82. The van der Waals surface area contributed by atoms with Gasteiger partial charge in [0.25, 0.3) is 0 Å². The standard InChI is InChI=1S/C12H22O3/c1-4-9-7-5-6-8-12(9,15)11(2,3)10(13)14/h9,15H,4-8H2,1-3H3,(H,13,14). The number of carboxylic acid groups (broad SMARTS) is 1. The van der Waals surface area contributed by atoms with Gasteiger partial charge in [-0.2, -0.15) is 0 Å². The molecule has 0 spiro atoms. The average Bonchev–Trinajstić information content (AvgIpc) is 2.18. The molecule has 3 heteroatoms. The zero-order chi connectivity index (χ0) is 11.7. The lowest BCUT2D eigenvalue weighted by Crippen LogP contribution is -2.55. The largest absolute Gasteiger partial charge is 0.481 e. The van der Waals surface area contributed by atoms with Gasteiger partial charge in [0.05, 0.1) is 11.0 Å². The Hall–Kier alpha value is -0.570. The Morgan fingerprint density at radius 2 is 2.07 bits per heavy atom. The zero-order valence-corrected chi connectivity index (χ0v) is 9.92. The van der Waals surface area contributed by atoms with Crippen molar-refractivity contribution in [3.63, 3.8) is 0 Å². The maximum absolute atomic E-state index is 11.2. The van der Waals surface area contributed by atoms with Crippen LogP contribution in [0.1, 0.15) is 52.9 Å². The number of carboxylic acids is 1. The molecule has 3 nitrogen and oxygen atoms in total. The molecule has 2 N–H and O–H groups in total. The van der Waals surface area contributed by atoms with Gasteiger partial charge in [-0.25, -0.2) is 0 Å². The van der Waals surface area contributed by atoms with Gasteiger partial charge in [-0.15, -0.1) is 0 Å². The maximum Gasteiger partial charge on any atom is 0.312 e. The van der Waals surface area contributed by atoms with E-state index in [1.165, 1.54) is 0 Å². The van der Waals surface area contributed by atoms with E-state index in [4.69, 9.17) is 0 Å².